The molecule has 0 bridgehead atoms. The lowest BCUT2D eigenvalue weighted by atomic mass is 10.0. The lowest BCUT2D eigenvalue weighted by molar-refractivity contribution is -0.143. The third-order valence-electron chi connectivity index (χ3n) is 5.26. The molecule has 0 aromatic heterocycles. The highest BCUT2D eigenvalue weighted by Gasteiger charge is 2.22. The highest BCUT2D eigenvalue weighted by molar-refractivity contribution is 5.83. The van der Waals surface area contributed by atoms with Crippen LogP contribution in [0.15, 0.2) is 0 Å². The van der Waals surface area contributed by atoms with Gasteiger partial charge in [-0.2, -0.15) is 0 Å². The summed E-state index contributed by atoms with van der Waals surface area (Å²) in [6, 6.07) is -0.770. The van der Waals surface area contributed by atoms with Crippen molar-refractivity contribution in [2.45, 2.75) is 130 Å². The molecule has 1 atom stereocenters. The van der Waals surface area contributed by atoms with Crippen LogP contribution >= 0.6 is 0 Å². The molecular weight excluding hydrogens is 338 g/mol. The molecule has 0 heterocycles. The first-order valence-electron chi connectivity index (χ1n) is 11.5. The molecule has 0 aliphatic rings. The van der Waals surface area contributed by atoms with E-state index in [0.717, 1.165) is 12.8 Å². The Morgan fingerprint density at radius 3 is 1.41 bits per heavy atom. The Bertz CT molecular complexity index is 369. The SMILES string of the molecule is CCCCCCCCCCCCCCCCCC(=O)N[C@@H](C(=O)O)C(C)C. The molecule has 0 saturated carbocycles. The van der Waals surface area contributed by atoms with E-state index < -0.39 is 12.0 Å². The predicted molar refractivity (Wildman–Crippen MR) is 114 cm³/mol. The first-order chi connectivity index (χ1) is 13.0. The highest BCUT2D eigenvalue weighted by Crippen LogP contribution is 2.13. The van der Waals surface area contributed by atoms with Crippen LogP contribution < -0.4 is 5.32 Å². The number of carboxylic acids is 1. The van der Waals surface area contributed by atoms with Crippen molar-refractivity contribution in [1.82, 2.24) is 5.32 Å². The van der Waals surface area contributed by atoms with Crippen molar-refractivity contribution in [3.63, 3.8) is 0 Å². The van der Waals surface area contributed by atoms with Gasteiger partial charge in [-0.1, -0.05) is 111 Å². The number of amides is 1. The van der Waals surface area contributed by atoms with Gasteiger partial charge in [-0.25, -0.2) is 4.79 Å². The minimum Gasteiger partial charge on any atom is -0.480 e. The summed E-state index contributed by atoms with van der Waals surface area (Å²) in [5.41, 5.74) is 0. The lowest BCUT2D eigenvalue weighted by Crippen LogP contribution is -2.44. The van der Waals surface area contributed by atoms with Crippen LogP contribution in [0.3, 0.4) is 0 Å². The second-order valence-electron chi connectivity index (χ2n) is 8.33. The molecule has 0 radical (unpaired) electrons. The molecule has 0 aromatic carbocycles. The zero-order valence-electron chi connectivity index (χ0n) is 18.2. The first kappa shape index (κ1) is 25.9. The summed E-state index contributed by atoms with van der Waals surface area (Å²) in [6.07, 6.45) is 19.9. The Balaban J connectivity index is 3.35. The van der Waals surface area contributed by atoms with Crippen molar-refractivity contribution in [3.8, 4) is 0 Å². The number of unbranched alkanes of at least 4 members (excludes halogenated alkanes) is 14. The largest absolute Gasteiger partial charge is 0.480 e. The predicted octanol–water partition coefficient (Wildman–Crippen LogP) is 6.47. The number of nitrogens with one attached hydrogen (secondary N) is 1. The Hall–Kier alpha value is -1.06. The highest BCUT2D eigenvalue weighted by atomic mass is 16.4. The van der Waals surface area contributed by atoms with Gasteiger partial charge in [0.1, 0.15) is 6.04 Å². The average molecular weight is 384 g/mol. The van der Waals surface area contributed by atoms with Crippen LogP contribution in [-0.4, -0.2) is 23.0 Å². The van der Waals surface area contributed by atoms with E-state index >= 15 is 0 Å². The number of carboxylic acid groups (broad SMARTS) is 1. The summed E-state index contributed by atoms with van der Waals surface area (Å²) in [4.78, 5) is 22.9. The van der Waals surface area contributed by atoms with Crippen LogP contribution in [0.4, 0.5) is 0 Å². The van der Waals surface area contributed by atoms with Crippen molar-refractivity contribution in [2.24, 2.45) is 5.92 Å². The van der Waals surface area contributed by atoms with Gasteiger partial charge in [0.25, 0.3) is 0 Å². The normalized spacial score (nSPS) is 12.3. The van der Waals surface area contributed by atoms with Crippen LogP contribution in [0.2, 0.25) is 0 Å². The summed E-state index contributed by atoms with van der Waals surface area (Å²) in [7, 11) is 0. The Kier molecular flexibility index (Phi) is 17.6. The number of carbonyl (C=O) groups is 2. The smallest absolute Gasteiger partial charge is 0.326 e. The molecule has 2 N–H and O–H groups in total. The Morgan fingerprint density at radius 1 is 0.704 bits per heavy atom. The lowest BCUT2D eigenvalue weighted by Gasteiger charge is -2.17. The van der Waals surface area contributed by atoms with Crippen molar-refractivity contribution >= 4 is 11.9 Å². The molecule has 0 spiro atoms. The molecule has 0 aliphatic heterocycles. The standard InChI is InChI=1S/C23H45NO3/c1-4-5-6-7-8-9-10-11-12-13-14-15-16-17-18-19-21(25)24-22(20(2)3)23(26)27/h20,22H,4-19H2,1-3H3,(H,24,25)(H,26,27)/t22-/m1/s1. The van der Waals surface area contributed by atoms with E-state index in [1.165, 1.54) is 83.5 Å². The van der Waals surface area contributed by atoms with Crippen LogP contribution in [0.5, 0.6) is 0 Å². The number of rotatable bonds is 19. The fraction of sp³-hybridized carbons (Fsp3) is 0.913. The molecule has 0 fully saturated rings. The summed E-state index contributed by atoms with van der Waals surface area (Å²) in [6.45, 7) is 5.89. The van der Waals surface area contributed by atoms with Crippen molar-refractivity contribution < 1.29 is 14.7 Å². The van der Waals surface area contributed by atoms with Crippen molar-refractivity contribution in [3.05, 3.63) is 0 Å². The van der Waals surface area contributed by atoms with Crippen LogP contribution in [0.25, 0.3) is 0 Å². The molecule has 27 heavy (non-hydrogen) atoms. The molecular formula is C23H45NO3. The summed E-state index contributed by atoms with van der Waals surface area (Å²) in [5, 5.41) is 11.7. The van der Waals surface area contributed by atoms with Gasteiger partial charge in [-0.05, 0) is 12.3 Å². The molecule has 0 aliphatic carbocycles. The number of carbonyl (C=O) groups excluding carboxylic acids is 1. The third kappa shape index (κ3) is 16.8. The van der Waals surface area contributed by atoms with Crippen LogP contribution in [0, 0.1) is 5.92 Å². The molecule has 1 amide bonds. The summed E-state index contributed by atoms with van der Waals surface area (Å²) >= 11 is 0. The number of hydrogen-bond donors (Lipinski definition) is 2. The van der Waals surface area contributed by atoms with Crippen molar-refractivity contribution in [2.75, 3.05) is 0 Å². The average Bonchev–Trinajstić information content (AvgIpc) is 2.62. The van der Waals surface area contributed by atoms with Gasteiger partial charge in [-0.3, -0.25) is 4.79 Å². The van der Waals surface area contributed by atoms with Gasteiger partial charge in [0, 0.05) is 6.42 Å². The van der Waals surface area contributed by atoms with Crippen molar-refractivity contribution in [1.29, 1.82) is 0 Å². The minimum atomic E-state index is -0.949. The van der Waals surface area contributed by atoms with E-state index in [9.17, 15) is 9.59 Å². The van der Waals surface area contributed by atoms with E-state index in [2.05, 4.69) is 12.2 Å². The van der Waals surface area contributed by atoms with Gasteiger partial charge in [-0.15, -0.1) is 0 Å². The molecule has 0 aromatic rings. The van der Waals surface area contributed by atoms with Gasteiger partial charge < -0.3 is 10.4 Å². The molecule has 4 heteroatoms. The van der Waals surface area contributed by atoms with E-state index in [1.807, 2.05) is 13.8 Å². The fourth-order valence-corrected chi connectivity index (χ4v) is 3.42. The van der Waals surface area contributed by atoms with E-state index in [4.69, 9.17) is 5.11 Å². The maximum atomic E-state index is 11.8. The molecule has 0 rings (SSSR count). The molecule has 160 valence electrons. The van der Waals surface area contributed by atoms with Gasteiger partial charge in [0.15, 0.2) is 0 Å². The first-order valence-corrected chi connectivity index (χ1v) is 11.5. The zero-order valence-corrected chi connectivity index (χ0v) is 18.2. The monoisotopic (exact) mass is 383 g/mol. The third-order valence-corrected chi connectivity index (χ3v) is 5.26. The second kappa shape index (κ2) is 18.3. The topological polar surface area (TPSA) is 66.4 Å². The van der Waals surface area contributed by atoms with Crippen LogP contribution in [0.1, 0.15) is 124 Å². The maximum absolute atomic E-state index is 11.8. The Morgan fingerprint density at radius 2 is 1.07 bits per heavy atom. The van der Waals surface area contributed by atoms with E-state index in [1.54, 1.807) is 0 Å². The van der Waals surface area contributed by atoms with Gasteiger partial charge in [0.2, 0.25) is 5.91 Å². The Labute approximate surface area is 167 Å². The molecule has 0 unspecified atom stereocenters. The number of hydrogen-bond acceptors (Lipinski definition) is 2. The van der Waals surface area contributed by atoms with Crippen LogP contribution in [-0.2, 0) is 9.59 Å². The van der Waals surface area contributed by atoms with E-state index in [0.29, 0.717) is 6.42 Å². The minimum absolute atomic E-state index is 0.0903. The van der Waals surface area contributed by atoms with Gasteiger partial charge >= 0.3 is 5.97 Å². The quantitative estimate of drug-likeness (QED) is 0.251. The number of aliphatic carboxylic acids is 1. The summed E-state index contributed by atoms with van der Waals surface area (Å²) < 4.78 is 0. The summed E-state index contributed by atoms with van der Waals surface area (Å²) in [5.74, 6) is -1.17. The second-order valence-corrected chi connectivity index (χ2v) is 8.33. The molecule has 4 nitrogen and oxygen atoms in total. The zero-order chi connectivity index (χ0) is 20.3. The fourth-order valence-electron chi connectivity index (χ4n) is 3.42. The van der Waals surface area contributed by atoms with E-state index in [-0.39, 0.29) is 11.8 Å². The molecule has 0 saturated heterocycles. The maximum Gasteiger partial charge on any atom is 0.326 e. The van der Waals surface area contributed by atoms with Gasteiger partial charge in [0.05, 0.1) is 0 Å².